The fourth-order valence-corrected chi connectivity index (χ4v) is 5.34. The third kappa shape index (κ3) is 4.65. The molecule has 0 saturated carbocycles. The quantitative estimate of drug-likeness (QED) is 0.367. The largest absolute Gasteiger partial charge is 0.494 e. The summed E-state index contributed by atoms with van der Waals surface area (Å²) in [4.78, 5) is 13.2. The van der Waals surface area contributed by atoms with E-state index in [-0.39, 0.29) is 23.7 Å². The van der Waals surface area contributed by atoms with Crippen LogP contribution in [0.4, 0.5) is 10.1 Å². The summed E-state index contributed by atoms with van der Waals surface area (Å²) in [5.41, 5.74) is 1.47. The van der Waals surface area contributed by atoms with Crippen molar-refractivity contribution in [3.8, 4) is 17.0 Å². The molecule has 7 nitrogen and oxygen atoms in total. The Bertz CT molecular complexity index is 1440. The van der Waals surface area contributed by atoms with Crippen LogP contribution in [-0.2, 0) is 21.4 Å². The Balaban J connectivity index is 1.66. The van der Waals surface area contributed by atoms with Gasteiger partial charge >= 0.3 is 0 Å². The van der Waals surface area contributed by atoms with Crippen LogP contribution in [0.3, 0.4) is 0 Å². The normalized spacial score (nSPS) is 11.5. The van der Waals surface area contributed by atoms with E-state index in [1.165, 1.54) is 23.9 Å². The number of hydrogen-bond acceptors (Lipinski definition) is 5. The highest BCUT2D eigenvalue weighted by atomic mass is 32.2. The van der Waals surface area contributed by atoms with Crippen molar-refractivity contribution in [1.29, 1.82) is 0 Å². The first-order valence-corrected chi connectivity index (χ1v) is 12.4. The molecule has 1 amide bonds. The number of amides is 1. The SMILES string of the molecule is CCCS(=O)(=O)N(C(=O)Cn1ccc(-c2cccc3ccccc23)n1)c1ccc(OC)c(F)c1. The number of nitrogens with zero attached hydrogens (tertiary/aromatic N) is 3. The van der Waals surface area contributed by atoms with E-state index in [2.05, 4.69) is 5.10 Å². The highest BCUT2D eigenvalue weighted by molar-refractivity contribution is 7.93. The zero-order chi connectivity index (χ0) is 24.3. The third-order valence-corrected chi connectivity index (χ3v) is 7.24. The molecular formula is C25H24FN3O4S. The number of carbonyl (C=O) groups is 1. The molecule has 0 radical (unpaired) electrons. The van der Waals surface area contributed by atoms with Gasteiger partial charge in [0.25, 0.3) is 5.91 Å². The lowest BCUT2D eigenvalue weighted by molar-refractivity contribution is -0.118. The molecule has 0 aliphatic carbocycles. The molecule has 176 valence electrons. The van der Waals surface area contributed by atoms with Crippen molar-refractivity contribution >= 4 is 32.4 Å². The predicted molar refractivity (Wildman–Crippen MR) is 130 cm³/mol. The van der Waals surface area contributed by atoms with Crippen molar-refractivity contribution < 1.29 is 22.3 Å². The first-order valence-electron chi connectivity index (χ1n) is 10.7. The first-order chi connectivity index (χ1) is 16.3. The first kappa shape index (κ1) is 23.4. The molecule has 0 N–H and O–H groups in total. The van der Waals surface area contributed by atoms with Gasteiger partial charge < -0.3 is 4.74 Å². The number of anilines is 1. The van der Waals surface area contributed by atoms with Crippen molar-refractivity contribution in [1.82, 2.24) is 9.78 Å². The number of carbonyl (C=O) groups excluding carboxylic acids is 1. The summed E-state index contributed by atoms with van der Waals surface area (Å²) in [6, 6.07) is 19.2. The molecule has 4 rings (SSSR count). The van der Waals surface area contributed by atoms with Gasteiger partial charge in [-0.2, -0.15) is 5.10 Å². The smallest absolute Gasteiger partial charge is 0.262 e. The van der Waals surface area contributed by atoms with Crippen molar-refractivity contribution in [3.05, 3.63) is 78.7 Å². The molecular weight excluding hydrogens is 457 g/mol. The Morgan fingerprint density at radius 1 is 1.09 bits per heavy atom. The molecule has 0 aliphatic heterocycles. The average molecular weight is 482 g/mol. The number of hydrogen-bond donors (Lipinski definition) is 0. The second-order valence-electron chi connectivity index (χ2n) is 7.72. The van der Waals surface area contributed by atoms with Crippen molar-refractivity contribution in [2.45, 2.75) is 19.9 Å². The van der Waals surface area contributed by atoms with Gasteiger partial charge in [-0.05, 0) is 35.4 Å². The Hall–Kier alpha value is -3.72. The molecule has 0 saturated heterocycles. The standard InChI is InChI=1S/C25H24FN3O4S/c1-3-15-34(31,32)29(19-11-12-24(33-2)22(26)16-19)25(30)17-28-14-13-23(27-28)21-10-6-8-18-7-4-5-9-20(18)21/h4-14,16H,3,15,17H2,1-2H3. The Kier molecular flexibility index (Phi) is 6.65. The molecule has 0 aliphatic rings. The van der Waals surface area contributed by atoms with Gasteiger partial charge in [0.2, 0.25) is 10.0 Å². The summed E-state index contributed by atoms with van der Waals surface area (Å²) in [5, 5.41) is 6.58. The lowest BCUT2D eigenvalue weighted by Gasteiger charge is -2.22. The van der Waals surface area contributed by atoms with E-state index in [1.54, 1.807) is 19.2 Å². The highest BCUT2D eigenvalue weighted by Gasteiger charge is 2.29. The number of ether oxygens (including phenoxy) is 1. The highest BCUT2D eigenvalue weighted by Crippen LogP contribution is 2.28. The van der Waals surface area contributed by atoms with Crippen molar-refractivity contribution in [2.24, 2.45) is 0 Å². The number of aromatic nitrogens is 2. The second kappa shape index (κ2) is 9.64. The van der Waals surface area contributed by atoms with Gasteiger partial charge in [-0.3, -0.25) is 9.48 Å². The molecule has 0 bridgehead atoms. The number of rotatable bonds is 8. The molecule has 34 heavy (non-hydrogen) atoms. The van der Waals surface area contributed by atoms with E-state index in [4.69, 9.17) is 4.74 Å². The van der Waals surface area contributed by atoms with Crippen molar-refractivity contribution in [2.75, 3.05) is 17.2 Å². The van der Waals surface area contributed by atoms with Gasteiger partial charge in [0.05, 0.1) is 24.2 Å². The zero-order valence-electron chi connectivity index (χ0n) is 18.8. The van der Waals surface area contributed by atoms with Crippen LogP contribution in [0.5, 0.6) is 5.75 Å². The molecule has 0 atom stereocenters. The van der Waals surface area contributed by atoms with E-state index in [0.29, 0.717) is 16.4 Å². The summed E-state index contributed by atoms with van der Waals surface area (Å²) < 4.78 is 47.1. The van der Waals surface area contributed by atoms with Gasteiger partial charge in [0.15, 0.2) is 11.6 Å². The van der Waals surface area contributed by atoms with Crippen LogP contribution in [0, 0.1) is 5.82 Å². The average Bonchev–Trinajstić information content (AvgIpc) is 3.26. The molecule has 0 unspecified atom stereocenters. The Labute approximate surface area is 197 Å². The molecule has 0 fully saturated rings. The van der Waals surface area contributed by atoms with Gasteiger partial charge in [0.1, 0.15) is 6.54 Å². The predicted octanol–water partition coefficient (Wildman–Crippen LogP) is 4.62. The Morgan fingerprint density at radius 3 is 2.59 bits per heavy atom. The minimum absolute atomic E-state index is 0.0455. The number of fused-ring (bicyclic) bond motifs is 1. The molecule has 1 heterocycles. The van der Waals surface area contributed by atoms with E-state index in [9.17, 15) is 17.6 Å². The topological polar surface area (TPSA) is 81.5 Å². The van der Waals surface area contributed by atoms with E-state index in [0.717, 1.165) is 22.4 Å². The summed E-state index contributed by atoms with van der Waals surface area (Å²) in [6.45, 7) is 1.36. The monoisotopic (exact) mass is 481 g/mol. The van der Waals surface area contributed by atoms with Crippen LogP contribution in [0.1, 0.15) is 13.3 Å². The van der Waals surface area contributed by atoms with E-state index >= 15 is 0 Å². The maximum absolute atomic E-state index is 14.3. The lowest BCUT2D eigenvalue weighted by Crippen LogP contribution is -2.40. The van der Waals surface area contributed by atoms with Crippen LogP contribution in [0.25, 0.3) is 22.0 Å². The molecule has 3 aromatic carbocycles. The molecule has 0 spiro atoms. The number of halogens is 1. The minimum atomic E-state index is -4.02. The maximum Gasteiger partial charge on any atom is 0.262 e. The summed E-state index contributed by atoms with van der Waals surface area (Å²) in [5.74, 6) is -1.81. The number of benzene rings is 3. The van der Waals surface area contributed by atoms with Gasteiger partial charge in [-0.25, -0.2) is 17.1 Å². The Morgan fingerprint density at radius 2 is 1.85 bits per heavy atom. The zero-order valence-corrected chi connectivity index (χ0v) is 19.6. The second-order valence-corrected chi connectivity index (χ2v) is 9.66. The van der Waals surface area contributed by atoms with Gasteiger partial charge in [-0.15, -0.1) is 0 Å². The fourth-order valence-electron chi connectivity index (χ4n) is 3.84. The molecule has 9 heteroatoms. The van der Waals surface area contributed by atoms with E-state index in [1.807, 2.05) is 42.5 Å². The van der Waals surface area contributed by atoms with Gasteiger partial charge in [-0.1, -0.05) is 49.4 Å². The fraction of sp³-hybridized carbons (Fsp3) is 0.200. The van der Waals surface area contributed by atoms with Crippen LogP contribution in [-0.4, -0.2) is 37.0 Å². The molecule has 1 aromatic heterocycles. The third-order valence-electron chi connectivity index (χ3n) is 5.34. The van der Waals surface area contributed by atoms with Crippen LogP contribution >= 0.6 is 0 Å². The summed E-state index contributed by atoms with van der Waals surface area (Å²) in [6.07, 6.45) is 1.92. The lowest BCUT2D eigenvalue weighted by atomic mass is 10.0. The van der Waals surface area contributed by atoms with Crippen molar-refractivity contribution in [3.63, 3.8) is 0 Å². The number of methoxy groups -OCH3 is 1. The van der Waals surface area contributed by atoms with Crippen LogP contribution in [0.2, 0.25) is 0 Å². The summed E-state index contributed by atoms with van der Waals surface area (Å²) >= 11 is 0. The maximum atomic E-state index is 14.3. The molecule has 4 aromatic rings. The minimum Gasteiger partial charge on any atom is -0.494 e. The van der Waals surface area contributed by atoms with Crippen LogP contribution in [0.15, 0.2) is 72.9 Å². The van der Waals surface area contributed by atoms with Crippen LogP contribution < -0.4 is 9.04 Å². The summed E-state index contributed by atoms with van der Waals surface area (Å²) in [7, 11) is -2.71. The van der Waals surface area contributed by atoms with Gasteiger partial charge in [0, 0.05) is 17.8 Å². The van der Waals surface area contributed by atoms with E-state index < -0.39 is 21.7 Å². The number of sulfonamides is 1.